The summed E-state index contributed by atoms with van der Waals surface area (Å²) >= 11 is 0. The van der Waals surface area contributed by atoms with Gasteiger partial charge >= 0.3 is 5.97 Å². The number of carbonyl (C=O) groups is 1. The van der Waals surface area contributed by atoms with Crippen LogP contribution in [0.25, 0.3) is 0 Å². The lowest BCUT2D eigenvalue weighted by Gasteiger charge is -2.39. The summed E-state index contributed by atoms with van der Waals surface area (Å²) in [6, 6.07) is 5.33. The first kappa shape index (κ1) is 14.4. The number of benzene rings is 1. The molecule has 3 rings (SSSR count). The fourth-order valence-electron chi connectivity index (χ4n) is 4.43. The van der Waals surface area contributed by atoms with Crippen LogP contribution < -0.4 is 4.74 Å². The maximum atomic E-state index is 11.4. The van der Waals surface area contributed by atoms with Gasteiger partial charge in [0.05, 0.1) is 0 Å². The Bertz CT molecular complexity index is 590. The predicted molar refractivity (Wildman–Crippen MR) is 81.8 cm³/mol. The molecule has 2 aliphatic carbocycles. The van der Waals surface area contributed by atoms with E-state index < -0.39 is 5.97 Å². The first-order valence-electron chi connectivity index (χ1n) is 7.77. The summed E-state index contributed by atoms with van der Waals surface area (Å²) in [6.45, 7) is 8.90. The summed E-state index contributed by atoms with van der Waals surface area (Å²) < 4.78 is 6.29. The van der Waals surface area contributed by atoms with Crippen LogP contribution in [0.3, 0.4) is 0 Å². The van der Waals surface area contributed by atoms with Crippen molar-refractivity contribution >= 4 is 5.97 Å². The van der Waals surface area contributed by atoms with Gasteiger partial charge in [0.15, 0.2) is 0 Å². The molecule has 0 saturated heterocycles. The minimum atomic E-state index is -0.915. The third-order valence-corrected chi connectivity index (χ3v) is 6.42. The topological polar surface area (TPSA) is 46.5 Å². The van der Waals surface area contributed by atoms with Crippen molar-refractivity contribution in [2.45, 2.75) is 53.1 Å². The van der Waals surface area contributed by atoms with Gasteiger partial charge in [-0.1, -0.05) is 32.9 Å². The van der Waals surface area contributed by atoms with E-state index in [1.807, 2.05) is 13.0 Å². The zero-order chi connectivity index (χ0) is 15.4. The van der Waals surface area contributed by atoms with E-state index in [1.54, 1.807) is 12.1 Å². The van der Waals surface area contributed by atoms with Crippen molar-refractivity contribution in [2.75, 3.05) is 0 Å². The normalized spacial score (nSPS) is 33.1. The van der Waals surface area contributed by atoms with Crippen LogP contribution in [0.4, 0.5) is 0 Å². The van der Waals surface area contributed by atoms with Crippen molar-refractivity contribution in [1.29, 1.82) is 0 Å². The Hall–Kier alpha value is -1.51. The van der Waals surface area contributed by atoms with Crippen molar-refractivity contribution < 1.29 is 14.6 Å². The van der Waals surface area contributed by atoms with Crippen LogP contribution in [0, 0.1) is 23.7 Å². The molecule has 2 fully saturated rings. The smallest absolute Gasteiger partial charge is 0.339 e. The molecule has 2 bridgehead atoms. The SMILES string of the molecule is Cc1cccc(C(=O)O)c1OC1CC2CCC1(C)C2(C)C. The number of ether oxygens (including phenoxy) is 1. The Morgan fingerprint density at radius 1 is 1.33 bits per heavy atom. The Kier molecular flexibility index (Phi) is 3.09. The molecule has 0 aromatic heterocycles. The molecule has 1 aromatic carbocycles. The third-order valence-electron chi connectivity index (χ3n) is 6.42. The molecule has 0 heterocycles. The second kappa shape index (κ2) is 4.49. The average Bonchev–Trinajstić information content (AvgIpc) is 2.73. The van der Waals surface area contributed by atoms with Gasteiger partial charge in [-0.3, -0.25) is 0 Å². The lowest BCUT2D eigenvalue weighted by molar-refractivity contribution is 0.0284. The maximum absolute atomic E-state index is 11.4. The first-order chi connectivity index (χ1) is 9.77. The van der Waals surface area contributed by atoms with Gasteiger partial charge in [-0.15, -0.1) is 0 Å². The van der Waals surface area contributed by atoms with E-state index in [4.69, 9.17) is 4.74 Å². The second-order valence-electron chi connectivity index (χ2n) is 7.47. The molecule has 0 spiro atoms. The highest BCUT2D eigenvalue weighted by molar-refractivity contribution is 5.91. The van der Waals surface area contributed by atoms with Gasteiger partial charge in [0, 0.05) is 5.41 Å². The molecular formula is C18H24O3. The van der Waals surface area contributed by atoms with Gasteiger partial charge in [-0.25, -0.2) is 4.79 Å². The monoisotopic (exact) mass is 288 g/mol. The van der Waals surface area contributed by atoms with Crippen molar-refractivity contribution in [1.82, 2.24) is 0 Å². The van der Waals surface area contributed by atoms with E-state index in [1.165, 1.54) is 12.8 Å². The minimum Gasteiger partial charge on any atom is -0.489 e. The number of carboxylic acids is 1. The molecule has 0 aliphatic heterocycles. The van der Waals surface area contributed by atoms with Crippen LogP contribution in [0.15, 0.2) is 18.2 Å². The zero-order valence-corrected chi connectivity index (χ0v) is 13.3. The molecule has 3 heteroatoms. The average molecular weight is 288 g/mol. The lowest BCUT2D eigenvalue weighted by atomic mass is 9.70. The Morgan fingerprint density at radius 3 is 2.57 bits per heavy atom. The number of rotatable bonds is 3. The number of hydrogen-bond donors (Lipinski definition) is 1. The van der Waals surface area contributed by atoms with Crippen LogP contribution in [-0.2, 0) is 0 Å². The lowest BCUT2D eigenvalue weighted by Crippen LogP contribution is -2.39. The molecular weight excluding hydrogens is 264 g/mol. The molecule has 0 amide bonds. The molecule has 1 aromatic rings. The van der Waals surface area contributed by atoms with Gasteiger partial charge in [0.25, 0.3) is 0 Å². The molecule has 3 nitrogen and oxygen atoms in total. The summed E-state index contributed by atoms with van der Waals surface area (Å²) in [5.41, 5.74) is 1.58. The first-order valence-corrected chi connectivity index (χ1v) is 7.77. The fraction of sp³-hybridized carbons (Fsp3) is 0.611. The largest absolute Gasteiger partial charge is 0.489 e. The van der Waals surface area contributed by atoms with Crippen molar-refractivity contribution in [3.63, 3.8) is 0 Å². The molecule has 3 atom stereocenters. The third kappa shape index (κ3) is 1.90. The second-order valence-corrected chi connectivity index (χ2v) is 7.47. The van der Waals surface area contributed by atoms with E-state index in [2.05, 4.69) is 20.8 Å². The molecule has 21 heavy (non-hydrogen) atoms. The van der Waals surface area contributed by atoms with Crippen molar-refractivity contribution in [3.05, 3.63) is 29.3 Å². The highest BCUT2D eigenvalue weighted by Crippen LogP contribution is 2.66. The van der Waals surface area contributed by atoms with E-state index in [9.17, 15) is 9.90 Å². The van der Waals surface area contributed by atoms with Crippen LogP contribution in [0.1, 0.15) is 56.0 Å². The van der Waals surface area contributed by atoms with Crippen LogP contribution in [0.5, 0.6) is 5.75 Å². The number of aromatic carboxylic acids is 1. The van der Waals surface area contributed by atoms with Crippen LogP contribution in [-0.4, -0.2) is 17.2 Å². The molecule has 0 radical (unpaired) electrons. The minimum absolute atomic E-state index is 0.116. The van der Waals surface area contributed by atoms with E-state index in [0.717, 1.165) is 12.0 Å². The predicted octanol–water partition coefficient (Wildman–Crippen LogP) is 4.29. The Labute approximate surface area is 126 Å². The number of aryl methyl sites for hydroxylation is 1. The van der Waals surface area contributed by atoms with E-state index in [-0.39, 0.29) is 22.5 Å². The molecule has 1 N–H and O–H groups in total. The molecule has 2 aliphatic rings. The van der Waals surface area contributed by atoms with Crippen LogP contribution >= 0.6 is 0 Å². The zero-order valence-electron chi connectivity index (χ0n) is 13.3. The van der Waals surface area contributed by atoms with Gasteiger partial charge in [0.1, 0.15) is 17.4 Å². The Morgan fingerprint density at radius 2 is 2.05 bits per heavy atom. The highest BCUT2D eigenvalue weighted by Gasteiger charge is 2.62. The van der Waals surface area contributed by atoms with E-state index >= 15 is 0 Å². The number of para-hydroxylation sites is 1. The molecule has 3 unspecified atom stereocenters. The van der Waals surface area contributed by atoms with Gasteiger partial charge in [-0.2, -0.15) is 0 Å². The summed E-state index contributed by atoms with van der Waals surface area (Å²) in [7, 11) is 0. The van der Waals surface area contributed by atoms with Crippen molar-refractivity contribution in [3.8, 4) is 5.75 Å². The van der Waals surface area contributed by atoms with Gasteiger partial charge in [-0.05, 0) is 49.1 Å². The van der Waals surface area contributed by atoms with E-state index in [0.29, 0.717) is 11.7 Å². The number of carboxylic acid groups (broad SMARTS) is 1. The summed E-state index contributed by atoms with van der Waals surface area (Å²) in [4.78, 5) is 11.4. The summed E-state index contributed by atoms with van der Waals surface area (Å²) in [6.07, 6.45) is 3.59. The number of hydrogen-bond acceptors (Lipinski definition) is 2. The quantitative estimate of drug-likeness (QED) is 0.902. The van der Waals surface area contributed by atoms with Crippen LogP contribution in [0.2, 0.25) is 0 Å². The standard InChI is InChI=1S/C18H24O3/c1-11-6-5-7-13(16(19)20)15(11)21-14-10-12-8-9-18(14,4)17(12,2)3/h5-7,12,14H,8-10H2,1-4H3,(H,19,20). The van der Waals surface area contributed by atoms with Crippen molar-refractivity contribution in [2.24, 2.45) is 16.7 Å². The Balaban J connectivity index is 1.95. The summed E-state index contributed by atoms with van der Waals surface area (Å²) in [5, 5.41) is 9.38. The van der Waals surface area contributed by atoms with Gasteiger partial charge < -0.3 is 9.84 Å². The number of fused-ring (bicyclic) bond motifs is 2. The summed E-state index contributed by atoms with van der Waals surface area (Å²) in [5.74, 6) is 0.325. The van der Waals surface area contributed by atoms with Gasteiger partial charge in [0.2, 0.25) is 0 Å². The molecule has 2 saturated carbocycles. The fourth-order valence-corrected chi connectivity index (χ4v) is 4.43. The maximum Gasteiger partial charge on any atom is 0.339 e. The molecule has 114 valence electrons. The highest BCUT2D eigenvalue weighted by atomic mass is 16.5.